The number of carbonyl (C=O) groups is 1. The van der Waals surface area contributed by atoms with Gasteiger partial charge in [0.1, 0.15) is 0 Å². The number of sulfonamides is 1. The van der Waals surface area contributed by atoms with E-state index in [1.807, 2.05) is 18.2 Å². The van der Waals surface area contributed by atoms with E-state index >= 15 is 0 Å². The highest BCUT2D eigenvalue weighted by atomic mass is 32.2. The molecule has 1 heterocycles. The number of amides is 1. The number of unbranched alkanes of at least 4 members (excludes halogenated alkanes) is 1. The molecule has 0 saturated carbocycles. The molecule has 0 aliphatic carbocycles. The molecule has 3 aromatic rings. The number of fused-ring (bicyclic) bond motifs is 1. The Hall–Kier alpha value is -3.20. The molecular formula is C20H23N5O3S. The molecule has 3 N–H and O–H groups in total. The number of nitrogens with zero attached hydrogens (tertiary/aromatic N) is 2. The summed E-state index contributed by atoms with van der Waals surface area (Å²) in [5, 5.41) is 5.77. The fourth-order valence-electron chi connectivity index (χ4n) is 2.68. The minimum atomic E-state index is -3.89. The monoisotopic (exact) mass is 413 g/mol. The molecule has 0 unspecified atom stereocenters. The van der Waals surface area contributed by atoms with Crippen molar-refractivity contribution in [1.82, 2.24) is 9.97 Å². The summed E-state index contributed by atoms with van der Waals surface area (Å²) in [4.78, 5) is 20.2. The Morgan fingerprint density at radius 2 is 1.59 bits per heavy atom. The van der Waals surface area contributed by atoms with Gasteiger partial charge in [0.05, 0.1) is 15.9 Å². The molecule has 9 heteroatoms. The Kier molecular flexibility index (Phi) is 6.28. The number of hydrogen-bond acceptors (Lipinski definition) is 6. The first-order valence-corrected chi connectivity index (χ1v) is 10.8. The number of hydrogen-bond donors (Lipinski definition) is 3. The van der Waals surface area contributed by atoms with E-state index in [-0.39, 0.29) is 16.6 Å². The van der Waals surface area contributed by atoms with Crippen molar-refractivity contribution in [2.24, 2.45) is 0 Å². The highest BCUT2D eigenvalue weighted by Crippen LogP contribution is 2.25. The van der Waals surface area contributed by atoms with E-state index in [4.69, 9.17) is 0 Å². The van der Waals surface area contributed by atoms with Crippen LogP contribution in [0.25, 0.3) is 11.0 Å². The molecule has 0 aliphatic rings. The van der Waals surface area contributed by atoms with Gasteiger partial charge in [0, 0.05) is 19.2 Å². The molecule has 8 nitrogen and oxygen atoms in total. The van der Waals surface area contributed by atoms with Crippen molar-refractivity contribution in [3.8, 4) is 0 Å². The van der Waals surface area contributed by atoms with Crippen LogP contribution in [0.4, 0.5) is 17.3 Å². The lowest BCUT2D eigenvalue weighted by Crippen LogP contribution is -2.17. The van der Waals surface area contributed by atoms with E-state index in [0.717, 1.165) is 12.8 Å². The molecule has 29 heavy (non-hydrogen) atoms. The maximum Gasteiger partial charge on any atom is 0.263 e. The number of rotatable bonds is 8. The highest BCUT2D eigenvalue weighted by molar-refractivity contribution is 7.92. The quantitative estimate of drug-likeness (QED) is 0.486. The van der Waals surface area contributed by atoms with E-state index in [2.05, 4.69) is 32.2 Å². The van der Waals surface area contributed by atoms with Gasteiger partial charge in [-0.25, -0.2) is 18.4 Å². The van der Waals surface area contributed by atoms with Crippen LogP contribution >= 0.6 is 0 Å². The third kappa shape index (κ3) is 5.20. The van der Waals surface area contributed by atoms with Gasteiger partial charge >= 0.3 is 0 Å². The maximum atomic E-state index is 12.9. The predicted molar refractivity (Wildman–Crippen MR) is 114 cm³/mol. The van der Waals surface area contributed by atoms with Gasteiger partial charge in [-0.05, 0) is 42.8 Å². The molecule has 0 atom stereocenters. The molecule has 0 fully saturated rings. The van der Waals surface area contributed by atoms with Crippen molar-refractivity contribution >= 4 is 44.3 Å². The Bertz CT molecular complexity index is 1110. The van der Waals surface area contributed by atoms with Gasteiger partial charge in [-0.3, -0.25) is 9.52 Å². The predicted octanol–water partition coefficient (Wildman–Crippen LogP) is 3.60. The van der Waals surface area contributed by atoms with E-state index in [1.165, 1.54) is 31.2 Å². The number of anilines is 3. The van der Waals surface area contributed by atoms with Crippen LogP contribution in [0.2, 0.25) is 0 Å². The number of benzene rings is 2. The normalized spacial score (nSPS) is 11.2. The zero-order valence-corrected chi connectivity index (χ0v) is 17.1. The second-order valence-corrected chi connectivity index (χ2v) is 8.18. The second-order valence-electron chi connectivity index (χ2n) is 6.50. The van der Waals surface area contributed by atoms with Crippen molar-refractivity contribution in [3.05, 3.63) is 48.5 Å². The van der Waals surface area contributed by atoms with E-state index in [0.29, 0.717) is 29.1 Å². The molecule has 0 saturated heterocycles. The van der Waals surface area contributed by atoms with Gasteiger partial charge in [-0.2, -0.15) is 0 Å². The number of nitrogens with one attached hydrogen (secondary N) is 3. The van der Waals surface area contributed by atoms with Crippen LogP contribution in [0.15, 0.2) is 53.4 Å². The molecule has 3 rings (SSSR count). The van der Waals surface area contributed by atoms with Crippen LogP contribution in [-0.2, 0) is 14.8 Å². The van der Waals surface area contributed by atoms with Crippen molar-refractivity contribution in [2.45, 2.75) is 31.6 Å². The summed E-state index contributed by atoms with van der Waals surface area (Å²) in [6, 6.07) is 13.2. The van der Waals surface area contributed by atoms with Crippen LogP contribution in [-0.4, -0.2) is 30.8 Å². The van der Waals surface area contributed by atoms with Gasteiger partial charge in [-0.1, -0.05) is 25.5 Å². The lowest BCUT2D eigenvalue weighted by molar-refractivity contribution is -0.114. The molecule has 1 amide bonds. The SMILES string of the molecule is CCCCNc1nc2ccccc2nc1NS(=O)(=O)c1ccc(NC(C)=O)cc1. The van der Waals surface area contributed by atoms with Crippen LogP contribution in [0.3, 0.4) is 0 Å². The zero-order chi connectivity index (χ0) is 20.9. The number of para-hydroxylation sites is 2. The van der Waals surface area contributed by atoms with Crippen molar-refractivity contribution < 1.29 is 13.2 Å². The largest absolute Gasteiger partial charge is 0.367 e. The highest BCUT2D eigenvalue weighted by Gasteiger charge is 2.19. The van der Waals surface area contributed by atoms with Crippen molar-refractivity contribution in [3.63, 3.8) is 0 Å². The lowest BCUT2D eigenvalue weighted by Gasteiger charge is -2.14. The van der Waals surface area contributed by atoms with E-state index < -0.39 is 10.0 Å². The van der Waals surface area contributed by atoms with Crippen LogP contribution in [0.5, 0.6) is 0 Å². The molecule has 0 spiro atoms. The summed E-state index contributed by atoms with van der Waals surface area (Å²) in [6.45, 7) is 4.11. The Balaban J connectivity index is 1.92. The minimum absolute atomic E-state index is 0.0565. The Morgan fingerprint density at radius 1 is 0.966 bits per heavy atom. The average molecular weight is 414 g/mol. The van der Waals surface area contributed by atoms with Gasteiger partial charge in [0.25, 0.3) is 10.0 Å². The van der Waals surface area contributed by atoms with Gasteiger partial charge < -0.3 is 10.6 Å². The van der Waals surface area contributed by atoms with Gasteiger partial charge in [0.2, 0.25) is 5.91 Å². The fourth-order valence-corrected chi connectivity index (χ4v) is 3.69. The second kappa shape index (κ2) is 8.87. The Morgan fingerprint density at radius 3 is 2.17 bits per heavy atom. The summed E-state index contributed by atoms with van der Waals surface area (Å²) in [5.74, 6) is 0.300. The fraction of sp³-hybridized carbons (Fsp3) is 0.250. The van der Waals surface area contributed by atoms with Crippen LogP contribution < -0.4 is 15.4 Å². The summed E-state index contributed by atoms with van der Waals surface area (Å²) in [7, 11) is -3.89. The molecular weight excluding hydrogens is 390 g/mol. The Labute approximate surface area is 169 Å². The molecule has 152 valence electrons. The summed E-state index contributed by atoms with van der Waals surface area (Å²) >= 11 is 0. The summed E-state index contributed by atoms with van der Waals surface area (Å²) < 4.78 is 28.2. The van der Waals surface area contributed by atoms with Crippen LogP contribution in [0.1, 0.15) is 26.7 Å². The van der Waals surface area contributed by atoms with E-state index in [1.54, 1.807) is 6.07 Å². The van der Waals surface area contributed by atoms with Crippen LogP contribution in [0, 0.1) is 0 Å². The van der Waals surface area contributed by atoms with Crippen molar-refractivity contribution in [1.29, 1.82) is 0 Å². The summed E-state index contributed by atoms with van der Waals surface area (Å²) in [5.41, 5.74) is 1.78. The average Bonchev–Trinajstić information content (AvgIpc) is 2.68. The lowest BCUT2D eigenvalue weighted by atomic mass is 10.3. The van der Waals surface area contributed by atoms with Gasteiger partial charge in [0.15, 0.2) is 11.6 Å². The molecule has 0 aliphatic heterocycles. The first kappa shape index (κ1) is 20.5. The smallest absolute Gasteiger partial charge is 0.263 e. The first-order valence-electron chi connectivity index (χ1n) is 9.30. The summed E-state index contributed by atoms with van der Waals surface area (Å²) in [6.07, 6.45) is 1.92. The standard InChI is InChI=1S/C20H23N5O3S/c1-3-4-13-21-19-20(24-18-8-6-5-7-17(18)23-19)25-29(27,28)16-11-9-15(10-12-16)22-14(2)26/h5-12H,3-4,13H2,1-2H3,(H,21,23)(H,22,26)(H,24,25). The molecule has 0 bridgehead atoms. The molecule has 1 aromatic heterocycles. The van der Waals surface area contributed by atoms with Gasteiger partial charge in [-0.15, -0.1) is 0 Å². The third-order valence-electron chi connectivity index (χ3n) is 4.11. The molecule has 0 radical (unpaired) electrons. The maximum absolute atomic E-state index is 12.9. The number of aromatic nitrogens is 2. The zero-order valence-electron chi connectivity index (χ0n) is 16.3. The van der Waals surface area contributed by atoms with Crippen molar-refractivity contribution in [2.75, 3.05) is 21.9 Å². The topological polar surface area (TPSA) is 113 Å². The first-order chi connectivity index (χ1) is 13.9. The third-order valence-corrected chi connectivity index (χ3v) is 5.46. The van der Waals surface area contributed by atoms with E-state index in [9.17, 15) is 13.2 Å². The molecule has 2 aromatic carbocycles. The minimum Gasteiger partial charge on any atom is -0.367 e. The number of carbonyl (C=O) groups excluding carboxylic acids is 1.